The first-order valence-electron chi connectivity index (χ1n) is 8.13. The summed E-state index contributed by atoms with van der Waals surface area (Å²) < 4.78 is 35.2. The molecule has 25 heavy (non-hydrogen) atoms. The summed E-state index contributed by atoms with van der Waals surface area (Å²) in [7, 11) is -4.07. The van der Waals surface area contributed by atoms with Crippen LogP contribution in [-0.4, -0.2) is 36.4 Å². The van der Waals surface area contributed by atoms with Gasteiger partial charge in [0.2, 0.25) is 0 Å². The number of ether oxygens (including phenoxy) is 1. The molecule has 0 amide bonds. The van der Waals surface area contributed by atoms with Gasteiger partial charge in [0.05, 0.1) is 17.9 Å². The molecule has 142 valence electrons. The van der Waals surface area contributed by atoms with E-state index in [0.717, 1.165) is 0 Å². The van der Waals surface area contributed by atoms with Crippen LogP contribution in [0.2, 0.25) is 0 Å². The highest BCUT2D eigenvalue weighted by molar-refractivity contribution is 7.85. The van der Waals surface area contributed by atoms with Gasteiger partial charge in [0.1, 0.15) is 5.75 Å². The number of hydrogen-bond donors (Lipinski definition) is 2. The Morgan fingerprint density at radius 2 is 1.48 bits per heavy atom. The van der Waals surface area contributed by atoms with Crippen LogP contribution in [0.15, 0.2) is 12.1 Å². The molecule has 1 aromatic carbocycles. The zero-order chi connectivity index (χ0) is 19.6. The summed E-state index contributed by atoms with van der Waals surface area (Å²) >= 11 is 0. The molecule has 0 fully saturated rings. The van der Waals surface area contributed by atoms with Gasteiger partial charge >= 0.3 is 5.97 Å². The average Bonchev–Trinajstić information content (AvgIpc) is 2.39. The van der Waals surface area contributed by atoms with Crippen molar-refractivity contribution in [3.8, 4) is 5.75 Å². The fourth-order valence-electron chi connectivity index (χ4n) is 2.39. The highest BCUT2D eigenvalue weighted by Crippen LogP contribution is 2.39. The van der Waals surface area contributed by atoms with Crippen LogP contribution < -0.4 is 0 Å². The maximum Gasteiger partial charge on any atom is 0.338 e. The fourth-order valence-corrected chi connectivity index (χ4v) is 2.87. The molecule has 0 saturated carbocycles. The van der Waals surface area contributed by atoms with E-state index >= 15 is 0 Å². The van der Waals surface area contributed by atoms with Gasteiger partial charge in [-0.2, -0.15) is 8.42 Å². The van der Waals surface area contributed by atoms with Crippen LogP contribution in [0, 0.1) is 0 Å². The number of benzene rings is 1. The molecule has 0 atom stereocenters. The van der Waals surface area contributed by atoms with Crippen LogP contribution in [0.1, 0.15) is 69.4 Å². The highest BCUT2D eigenvalue weighted by atomic mass is 32.2. The van der Waals surface area contributed by atoms with E-state index in [0.29, 0.717) is 16.7 Å². The molecule has 7 heteroatoms. The van der Waals surface area contributed by atoms with E-state index in [1.807, 2.05) is 41.5 Å². The van der Waals surface area contributed by atoms with E-state index in [1.165, 1.54) is 0 Å². The number of hydrogen-bond acceptors (Lipinski definition) is 5. The first-order valence-corrected chi connectivity index (χ1v) is 9.74. The Bertz CT molecular complexity index is 701. The smallest absolute Gasteiger partial charge is 0.338 e. The molecule has 0 aliphatic heterocycles. The summed E-state index contributed by atoms with van der Waals surface area (Å²) in [6.45, 7) is 11.5. The molecule has 6 nitrogen and oxygen atoms in total. The number of aromatic hydroxyl groups is 1. The molecular formula is C18H28O6S. The van der Waals surface area contributed by atoms with E-state index in [-0.39, 0.29) is 29.6 Å². The van der Waals surface area contributed by atoms with Crippen LogP contribution in [0.4, 0.5) is 0 Å². The van der Waals surface area contributed by atoms with E-state index in [4.69, 9.17) is 9.29 Å². The van der Waals surface area contributed by atoms with Gasteiger partial charge in [-0.3, -0.25) is 4.55 Å². The van der Waals surface area contributed by atoms with Gasteiger partial charge < -0.3 is 9.84 Å². The summed E-state index contributed by atoms with van der Waals surface area (Å²) in [5.74, 6) is -0.884. The lowest BCUT2D eigenvalue weighted by atomic mass is 9.78. The monoisotopic (exact) mass is 372 g/mol. The van der Waals surface area contributed by atoms with E-state index in [2.05, 4.69) is 0 Å². The van der Waals surface area contributed by atoms with Crippen molar-refractivity contribution >= 4 is 16.1 Å². The molecule has 1 rings (SSSR count). The summed E-state index contributed by atoms with van der Waals surface area (Å²) in [4.78, 5) is 12.3. The Morgan fingerprint density at radius 1 is 1.04 bits per heavy atom. The molecule has 0 saturated heterocycles. The van der Waals surface area contributed by atoms with Crippen molar-refractivity contribution in [2.45, 2.75) is 58.8 Å². The predicted octanol–water partition coefficient (Wildman–Crippen LogP) is 3.42. The van der Waals surface area contributed by atoms with Crippen molar-refractivity contribution in [1.29, 1.82) is 0 Å². The molecular weight excluding hydrogens is 344 g/mol. The molecule has 2 N–H and O–H groups in total. The van der Waals surface area contributed by atoms with Crippen LogP contribution in [0.25, 0.3) is 0 Å². The standard InChI is InChI=1S/C18H28O6S/c1-17(2,3)13-10-12(11-14(15(13)19)18(4,5)6)16(20)24-8-7-9-25(21,22)23/h10-11,19H,7-9H2,1-6H3,(H,21,22,23). The summed E-state index contributed by atoms with van der Waals surface area (Å²) in [6, 6.07) is 3.21. The third-order valence-electron chi connectivity index (χ3n) is 3.74. The largest absolute Gasteiger partial charge is 0.507 e. The number of carbonyl (C=O) groups excluding carboxylic acids is 1. The Kier molecular flexibility index (Phi) is 6.29. The van der Waals surface area contributed by atoms with Crippen molar-refractivity contribution < 1.29 is 27.6 Å². The second kappa shape index (κ2) is 7.33. The van der Waals surface area contributed by atoms with Crippen molar-refractivity contribution in [3.05, 3.63) is 28.8 Å². The van der Waals surface area contributed by atoms with E-state index in [9.17, 15) is 18.3 Å². The molecule has 0 bridgehead atoms. The molecule has 0 unspecified atom stereocenters. The number of esters is 1. The molecule has 0 radical (unpaired) electrons. The first kappa shape index (κ1) is 21.4. The van der Waals surface area contributed by atoms with Crippen molar-refractivity contribution in [3.63, 3.8) is 0 Å². The maximum atomic E-state index is 12.3. The number of carbonyl (C=O) groups is 1. The summed E-state index contributed by atoms with van der Waals surface area (Å²) in [5.41, 5.74) is 0.852. The second-order valence-electron chi connectivity index (χ2n) is 8.20. The van der Waals surface area contributed by atoms with E-state index < -0.39 is 21.8 Å². The predicted molar refractivity (Wildman–Crippen MR) is 96.8 cm³/mol. The highest BCUT2D eigenvalue weighted by Gasteiger charge is 2.28. The zero-order valence-corrected chi connectivity index (χ0v) is 16.5. The maximum absolute atomic E-state index is 12.3. The quantitative estimate of drug-likeness (QED) is 0.466. The summed E-state index contributed by atoms with van der Waals surface area (Å²) in [5, 5.41) is 10.6. The average molecular weight is 372 g/mol. The van der Waals surface area contributed by atoms with Gasteiger partial charge in [0, 0.05) is 11.1 Å². The van der Waals surface area contributed by atoms with Gasteiger partial charge in [-0.15, -0.1) is 0 Å². The third-order valence-corrected chi connectivity index (χ3v) is 4.55. The minimum absolute atomic E-state index is 0.0148. The fraction of sp³-hybridized carbons (Fsp3) is 0.611. The third kappa shape index (κ3) is 6.32. The molecule has 0 heterocycles. The number of phenolic OH excluding ortho intramolecular Hbond substituents is 1. The Balaban J connectivity index is 3.12. The lowest BCUT2D eigenvalue weighted by molar-refractivity contribution is 0.0505. The molecule has 0 aliphatic rings. The van der Waals surface area contributed by atoms with Crippen molar-refractivity contribution in [1.82, 2.24) is 0 Å². The van der Waals surface area contributed by atoms with Gasteiger partial charge in [0.25, 0.3) is 10.1 Å². The van der Waals surface area contributed by atoms with Crippen LogP contribution in [-0.2, 0) is 25.7 Å². The second-order valence-corrected chi connectivity index (χ2v) is 9.77. The van der Waals surface area contributed by atoms with Crippen molar-refractivity contribution in [2.24, 2.45) is 0 Å². The van der Waals surface area contributed by atoms with Gasteiger partial charge in [-0.1, -0.05) is 41.5 Å². The molecule has 0 aliphatic carbocycles. The Morgan fingerprint density at radius 3 is 1.84 bits per heavy atom. The normalized spacial score (nSPS) is 12.9. The summed E-state index contributed by atoms with van der Waals surface area (Å²) in [6.07, 6.45) is 0.0148. The van der Waals surface area contributed by atoms with Gasteiger partial charge in [-0.25, -0.2) is 4.79 Å². The van der Waals surface area contributed by atoms with Gasteiger partial charge in [0.15, 0.2) is 0 Å². The SMILES string of the molecule is CC(C)(C)c1cc(C(=O)OCCCS(=O)(=O)O)cc(C(C)(C)C)c1O. The number of phenols is 1. The van der Waals surface area contributed by atoms with Crippen LogP contribution >= 0.6 is 0 Å². The molecule has 0 spiro atoms. The Labute approximate surface area is 150 Å². The van der Waals surface area contributed by atoms with Gasteiger partial charge in [-0.05, 0) is 29.4 Å². The zero-order valence-electron chi connectivity index (χ0n) is 15.7. The van der Waals surface area contributed by atoms with E-state index in [1.54, 1.807) is 12.1 Å². The molecule has 1 aromatic rings. The van der Waals surface area contributed by atoms with Crippen molar-refractivity contribution in [2.75, 3.05) is 12.4 Å². The lowest BCUT2D eigenvalue weighted by Crippen LogP contribution is -2.19. The van der Waals surface area contributed by atoms with Crippen LogP contribution in [0.3, 0.4) is 0 Å². The van der Waals surface area contributed by atoms with Crippen LogP contribution in [0.5, 0.6) is 5.75 Å². The molecule has 0 aromatic heterocycles. The first-order chi connectivity index (χ1) is 11.1. The lowest BCUT2D eigenvalue weighted by Gasteiger charge is -2.27. The minimum Gasteiger partial charge on any atom is -0.507 e. The number of rotatable bonds is 5. The minimum atomic E-state index is -4.07. The Hall–Kier alpha value is -1.60. The topological polar surface area (TPSA) is 101 Å².